The smallest absolute Gasteiger partial charge is 0.322 e. The highest BCUT2D eigenvalue weighted by Crippen LogP contribution is 2.19. The summed E-state index contributed by atoms with van der Waals surface area (Å²) in [4.78, 5) is 11.8. The first-order valence-corrected chi connectivity index (χ1v) is 6.53. The Morgan fingerprint density at radius 3 is 2.75 bits per heavy atom. The molecule has 0 amide bonds. The maximum absolute atomic E-state index is 13.3. The molecule has 1 heterocycles. The van der Waals surface area contributed by atoms with Gasteiger partial charge in [0.2, 0.25) is 11.2 Å². The van der Waals surface area contributed by atoms with Crippen LogP contribution in [-0.4, -0.2) is 21.6 Å². The summed E-state index contributed by atoms with van der Waals surface area (Å²) in [7, 11) is 0. The van der Waals surface area contributed by atoms with E-state index in [1.54, 1.807) is 13.0 Å². The van der Waals surface area contributed by atoms with Gasteiger partial charge in [0.1, 0.15) is 5.82 Å². The number of ether oxygens (including phenoxy) is 1. The number of nitrogens with zero attached hydrogens (tertiary/aromatic N) is 3. The van der Waals surface area contributed by atoms with Crippen LogP contribution in [0.15, 0.2) is 18.2 Å². The lowest BCUT2D eigenvalue weighted by Gasteiger charge is -2.08. The Bertz CT molecular complexity index is 589. The SMILES string of the molecule is CCCOc1nc(Cl)nc(Nc2cc(C)cc(F)c2)n1. The van der Waals surface area contributed by atoms with Gasteiger partial charge in [0.25, 0.3) is 0 Å². The van der Waals surface area contributed by atoms with E-state index in [0.717, 1.165) is 12.0 Å². The van der Waals surface area contributed by atoms with Crippen LogP contribution in [0.5, 0.6) is 6.01 Å². The normalized spacial score (nSPS) is 10.4. The summed E-state index contributed by atoms with van der Waals surface area (Å²) in [6.45, 7) is 4.25. The van der Waals surface area contributed by atoms with Gasteiger partial charge in [-0.15, -0.1) is 0 Å². The van der Waals surface area contributed by atoms with Crippen molar-refractivity contribution in [3.63, 3.8) is 0 Å². The molecule has 0 bridgehead atoms. The molecule has 0 aliphatic heterocycles. The Hall–Kier alpha value is -1.95. The van der Waals surface area contributed by atoms with Crippen molar-refractivity contribution in [3.05, 3.63) is 34.9 Å². The molecular formula is C13H14ClFN4O. The minimum absolute atomic E-state index is 0.0155. The Morgan fingerprint density at radius 1 is 1.25 bits per heavy atom. The van der Waals surface area contributed by atoms with Crippen molar-refractivity contribution >= 4 is 23.2 Å². The van der Waals surface area contributed by atoms with E-state index in [4.69, 9.17) is 16.3 Å². The summed E-state index contributed by atoms with van der Waals surface area (Å²) in [6, 6.07) is 4.69. The molecule has 0 saturated carbocycles. The molecule has 0 spiro atoms. The molecule has 0 radical (unpaired) electrons. The summed E-state index contributed by atoms with van der Waals surface area (Å²) in [5, 5.41) is 2.89. The Balaban J connectivity index is 2.21. The molecule has 1 aromatic heterocycles. The van der Waals surface area contributed by atoms with E-state index in [9.17, 15) is 4.39 Å². The predicted molar refractivity (Wildman–Crippen MR) is 75.0 cm³/mol. The van der Waals surface area contributed by atoms with Crippen LogP contribution in [0.4, 0.5) is 16.0 Å². The number of halogens is 2. The van der Waals surface area contributed by atoms with Crippen molar-refractivity contribution in [2.24, 2.45) is 0 Å². The first-order chi connectivity index (χ1) is 9.56. The molecule has 5 nitrogen and oxygen atoms in total. The van der Waals surface area contributed by atoms with Gasteiger partial charge in [0.05, 0.1) is 6.61 Å². The molecule has 0 atom stereocenters. The minimum atomic E-state index is -0.338. The number of benzene rings is 1. The van der Waals surface area contributed by atoms with Crippen LogP contribution < -0.4 is 10.1 Å². The molecule has 20 heavy (non-hydrogen) atoms. The highest BCUT2D eigenvalue weighted by molar-refractivity contribution is 6.28. The van der Waals surface area contributed by atoms with Crippen LogP contribution in [0.2, 0.25) is 5.28 Å². The van der Waals surface area contributed by atoms with Crippen molar-refractivity contribution in [2.45, 2.75) is 20.3 Å². The second kappa shape index (κ2) is 6.47. The summed E-state index contributed by atoms with van der Waals surface area (Å²) in [5.74, 6) is -0.129. The van der Waals surface area contributed by atoms with Crippen LogP contribution in [0.3, 0.4) is 0 Å². The number of aryl methyl sites for hydroxylation is 1. The van der Waals surface area contributed by atoms with E-state index in [1.807, 2.05) is 6.92 Å². The molecule has 0 aliphatic rings. The molecule has 2 rings (SSSR count). The molecular weight excluding hydrogens is 283 g/mol. The van der Waals surface area contributed by atoms with Crippen molar-refractivity contribution in [2.75, 3.05) is 11.9 Å². The molecule has 0 unspecified atom stereocenters. The first kappa shape index (κ1) is 14.5. The van der Waals surface area contributed by atoms with E-state index >= 15 is 0 Å². The maximum atomic E-state index is 13.3. The monoisotopic (exact) mass is 296 g/mol. The topological polar surface area (TPSA) is 59.9 Å². The average molecular weight is 297 g/mol. The third-order valence-electron chi connectivity index (χ3n) is 2.32. The highest BCUT2D eigenvalue weighted by atomic mass is 35.5. The predicted octanol–water partition coefficient (Wildman–Crippen LogP) is 3.50. The highest BCUT2D eigenvalue weighted by Gasteiger charge is 2.07. The molecule has 7 heteroatoms. The average Bonchev–Trinajstić information content (AvgIpc) is 2.34. The quantitative estimate of drug-likeness (QED) is 0.915. The van der Waals surface area contributed by atoms with Crippen LogP contribution in [0.1, 0.15) is 18.9 Å². The van der Waals surface area contributed by atoms with Gasteiger partial charge in [-0.05, 0) is 48.7 Å². The number of aromatic nitrogens is 3. The van der Waals surface area contributed by atoms with E-state index in [-0.39, 0.29) is 23.1 Å². The number of anilines is 2. The first-order valence-electron chi connectivity index (χ1n) is 6.15. The van der Waals surface area contributed by atoms with Crippen LogP contribution in [-0.2, 0) is 0 Å². The fraction of sp³-hybridized carbons (Fsp3) is 0.308. The number of hydrogen-bond donors (Lipinski definition) is 1. The van der Waals surface area contributed by atoms with E-state index in [0.29, 0.717) is 12.3 Å². The number of nitrogens with one attached hydrogen (secondary N) is 1. The van der Waals surface area contributed by atoms with E-state index < -0.39 is 0 Å². The fourth-order valence-electron chi connectivity index (χ4n) is 1.58. The zero-order valence-electron chi connectivity index (χ0n) is 11.2. The summed E-state index contributed by atoms with van der Waals surface area (Å²) >= 11 is 5.80. The summed E-state index contributed by atoms with van der Waals surface area (Å²) in [5.41, 5.74) is 1.32. The van der Waals surface area contributed by atoms with Gasteiger partial charge < -0.3 is 10.1 Å². The Labute approximate surface area is 121 Å². The van der Waals surface area contributed by atoms with Crippen molar-refractivity contribution in [1.29, 1.82) is 0 Å². The van der Waals surface area contributed by atoms with Gasteiger partial charge in [-0.1, -0.05) is 6.92 Å². The van der Waals surface area contributed by atoms with Crippen molar-refractivity contribution in [1.82, 2.24) is 15.0 Å². The van der Waals surface area contributed by atoms with Crippen molar-refractivity contribution < 1.29 is 9.13 Å². The molecule has 0 fully saturated rings. The lowest BCUT2D eigenvalue weighted by atomic mass is 10.2. The van der Waals surface area contributed by atoms with Gasteiger partial charge in [0, 0.05) is 5.69 Å². The third-order valence-corrected chi connectivity index (χ3v) is 2.49. The lowest BCUT2D eigenvalue weighted by Crippen LogP contribution is -2.05. The molecule has 1 aromatic carbocycles. The van der Waals surface area contributed by atoms with Gasteiger partial charge in [-0.25, -0.2) is 4.39 Å². The zero-order valence-corrected chi connectivity index (χ0v) is 11.9. The van der Waals surface area contributed by atoms with Gasteiger partial charge >= 0.3 is 6.01 Å². The molecule has 1 N–H and O–H groups in total. The van der Waals surface area contributed by atoms with Gasteiger partial charge in [-0.3, -0.25) is 0 Å². The van der Waals surface area contributed by atoms with Crippen LogP contribution in [0, 0.1) is 12.7 Å². The van der Waals surface area contributed by atoms with E-state index in [1.165, 1.54) is 12.1 Å². The second-order valence-corrected chi connectivity index (χ2v) is 4.54. The van der Waals surface area contributed by atoms with Gasteiger partial charge in [-0.2, -0.15) is 15.0 Å². The standard InChI is InChI=1S/C13H14ClFN4O/c1-3-4-20-13-18-11(14)17-12(19-13)16-10-6-8(2)5-9(15)7-10/h5-7H,3-4H2,1-2H3,(H,16,17,18,19). The van der Waals surface area contributed by atoms with Crippen LogP contribution in [0.25, 0.3) is 0 Å². The number of hydrogen-bond acceptors (Lipinski definition) is 5. The molecule has 2 aromatic rings. The third kappa shape index (κ3) is 4.03. The molecule has 106 valence electrons. The van der Waals surface area contributed by atoms with Crippen LogP contribution >= 0.6 is 11.6 Å². The van der Waals surface area contributed by atoms with Gasteiger partial charge in [0.15, 0.2) is 0 Å². The number of rotatable bonds is 5. The maximum Gasteiger partial charge on any atom is 0.322 e. The largest absolute Gasteiger partial charge is 0.463 e. The summed E-state index contributed by atoms with van der Waals surface area (Å²) in [6.07, 6.45) is 0.829. The Kier molecular flexibility index (Phi) is 4.68. The Morgan fingerprint density at radius 2 is 2.05 bits per heavy atom. The minimum Gasteiger partial charge on any atom is -0.463 e. The molecule has 0 saturated heterocycles. The summed E-state index contributed by atoms with van der Waals surface area (Å²) < 4.78 is 18.6. The van der Waals surface area contributed by atoms with Crippen molar-refractivity contribution in [3.8, 4) is 6.01 Å². The van der Waals surface area contributed by atoms with E-state index in [2.05, 4.69) is 20.3 Å². The fourth-order valence-corrected chi connectivity index (χ4v) is 1.74. The zero-order chi connectivity index (χ0) is 14.5. The lowest BCUT2D eigenvalue weighted by molar-refractivity contribution is 0.292. The molecule has 0 aliphatic carbocycles. The second-order valence-electron chi connectivity index (χ2n) is 4.20.